The van der Waals surface area contributed by atoms with Gasteiger partial charge >= 0.3 is 0 Å². The monoisotopic (exact) mass is 373 g/mol. The minimum Gasteiger partial charge on any atom is -0.504 e. The minimum atomic E-state index is -0.330. The second-order valence-corrected chi connectivity index (χ2v) is 6.70. The number of phenolic OH excluding ortho intramolecular Hbond substituents is 1. The lowest BCUT2D eigenvalue weighted by Crippen LogP contribution is -2.25. The summed E-state index contributed by atoms with van der Waals surface area (Å²) in [4.78, 5) is 12.0. The van der Waals surface area contributed by atoms with Gasteiger partial charge in [-0.3, -0.25) is 4.79 Å². The van der Waals surface area contributed by atoms with E-state index in [1.807, 2.05) is 0 Å². The number of amides is 1. The number of aromatic hydroxyl groups is 1. The van der Waals surface area contributed by atoms with E-state index in [1.165, 1.54) is 43.3 Å². The minimum absolute atomic E-state index is 0.0400. The lowest BCUT2D eigenvalue weighted by atomic mass is 10.1. The quantitative estimate of drug-likeness (QED) is 0.624. The average Bonchev–Trinajstić information content (AvgIpc) is 2.98. The molecule has 1 atom stereocenters. The van der Waals surface area contributed by atoms with Gasteiger partial charge in [0, 0.05) is 0 Å². The zero-order chi connectivity index (χ0) is 18.5. The Balaban J connectivity index is 1.63. The number of methoxy groups -OCH3 is 1. The first-order valence-electron chi connectivity index (χ1n) is 7.75. The summed E-state index contributed by atoms with van der Waals surface area (Å²) in [5.41, 5.74) is 1.57. The number of benzene rings is 2. The van der Waals surface area contributed by atoms with Crippen LogP contribution in [0.1, 0.15) is 11.1 Å². The highest BCUT2D eigenvalue weighted by Crippen LogP contribution is 2.26. The number of carbonyl (C=O) groups excluding carboxylic acids is 1. The Morgan fingerprint density at radius 1 is 1.31 bits per heavy atom. The number of nitrogens with zero attached hydrogens (tertiary/aromatic N) is 2. The molecule has 2 N–H and O–H groups in total. The van der Waals surface area contributed by atoms with Gasteiger partial charge in [0.15, 0.2) is 16.7 Å². The van der Waals surface area contributed by atoms with E-state index < -0.39 is 0 Å². The Morgan fingerprint density at radius 2 is 2.08 bits per heavy atom. The van der Waals surface area contributed by atoms with Crippen molar-refractivity contribution in [1.82, 2.24) is 5.32 Å². The first-order valence-corrected chi connectivity index (χ1v) is 8.63. The third-order valence-electron chi connectivity index (χ3n) is 3.67. The summed E-state index contributed by atoms with van der Waals surface area (Å²) in [5, 5.41) is 20.3. The van der Waals surface area contributed by atoms with E-state index in [9.17, 15) is 14.3 Å². The van der Waals surface area contributed by atoms with Gasteiger partial charge in [-0.2, -0.15) is 5.10 Å². The SMILES string of the molecule is COc1cc(/C=N/N=C2\NC(=O)[C@H](Cc3ccc(F)cc3)S2)ccc1O. The maximum Gasteiger partial charge on any atom is 0.239 e. The Morgan fingerprint density at radius 3 is 2.81 bits per heavy atom. The molecule has 1 heterocycles. The van der Waals surface area contributed by atoms with Gasteiger partial charge < -0.3 is 15.2 Å². The Bertz CT molecular complexity index is 868. The molecule has 1 aliphatic rings. The number of hydrogen-bond acceptors (Lipinski definition) is 6. The highest BCUT2D eigenvalue weighted by atomic mass is 32.2. The molecule has 134 valence electrons. The standard InChI is InChI=1S/C18H16FN3O3S/c1-25-15-8-12(4-7-14(15)23)10-20-22-18-21-17(24)16(26-18)9-11-2-5-13(19)6-3-11/h2-8,10,16,23H,9H2,1H3,(H,21,22,24)/b20-10+/t16-/m0/s1. The molecule has 1 fully saturated rings. The summed E-state index contributed by atoms with van der Waals surface area (Å²) in [6.45, 7) is 0. The number of hydrogen-bond donors (Lipinski definition) is 2. The lowest BCUT2D eigenvalue weighted by Gasteiger charge is -2.04. The van der Waals surface area contributed by atoms with Gasteiger partial charge in [0.1, 0.15) is 5.82 Å². The van der Waals surface area contributed by atoms with E-state index in [0.29, 0.717) is 22.9 Å². The molecule has 1 amide bonds. The predicted octanol–water partition coefficient (Wildman–Crippen LogP) is 2.70. The van der Waals surface area contributed by atoms with Crippen molar-refractivity contribution in [3.8, 4) is 11.5 Å². The number of thioether (sulfide) groups is 1. The topological polar surface area (TPSA) is 83.3 Å². The Labute approximate surface area is 153 Å². The fraction of sp³-hybridized carbons (Fsp3) is 0.167. The molecular formula is C18H16FN3O3S. The second-order valence-electron chi connectivity index (χ2n) is 5.51. The van der Waals surface area contributed by atoms with Crippen molar-refractivity contribution in [2.75, 3.05) is 7.11 Å². The molecule has 26 heavy (non-hydrogen) atoms. The van der Waals surface area contributed by atoms with Crippen LogP contribution >= 0.6 is 11.8 Å². The summed E-state index contributed by atoms with van der Waals surface area (Å²) < 4.78 is 18.0. The molecule has 1 aliphatic heterocycles. The lowest BCUT2D eigenvalue weighted by molar-refractivity contribution is -0.118. The molecular weight excluding hydrogens is 357 g/mol. The molecule has 0 bridgehead atoms. The van der Waals surface area contributed by atoms with Crippen LogP contribution in [0.15, 0.2) is 52.7 Å². The number of ether oxygens (including phenoxy) is 1. The number of carbonyl (C=O) groups is 1. The van der Waals surface area contributed by atoms with Crippen molar-refractivity contribution < 1.29 is 19.0 Å². The summed E-state index contributed by atoms with van der Waals surface area (Å²) in [6, 6.07) is 10.9. The molecule has 0 spiro atoms. The predicted molar refractivity (Wildman–Crippen MR) is 99.3 cm³/mol. The third-order valence-corrected chi connectivity index (χ3v) is 4.74. The molecule has 2 aromatic rings. The summed E-state index contributed by atoms with van der Waals surface area (Å²) >= 11 is 1.28. The molecule has 3 rings (SSSR count). The van der Waals surface area contributed by atoms with Gasteiger partial charge in [0.2, 0.25) is 5.91 Å². The van der Waals surface area contributed by atoms with Gasteiger partial charge in [0.25, 0.3) is 0 Å². The van der Waals surface area contributed by atoms with Crippen molar-refractivity contribution in [2.45, 2.75) is 11.7 Å². The van der Waals surface area contributed by atoms with Crippen LogP contribution in [0.5, 0.6) is 11.5 Å². The smallest absolute Gasteiger partial charge is 0.239 e. The summed E-state index contributed by atoms with van der Waals surface area (Å²) in [6.07, 6.45) is 1.98. The summed E-state index contributed by atoms with van der Waals surface area (Å²) in [5.74, 6) is -0.0815. The van der Waals surface area contributed by atoms with E-state index in [0.717, 1.165) is 5.56 Å². The van der Waals surface area contributed by atoms with Crippen LogP contribution in [0.4, 0.5) is 4.39 Å². The molecule has 0 aliphatic carbocycles. The third kappa shape index (κ3) is 4.40. The Kier molecular flexibility index (Phi) is 5.52. The van der Waals surface area contributed by atoms with Crippen LogP contribution in [0, 0.1) is 5.82 Å². The van der Waals surface area contributed by atoms with E-state index in [4.69, 9.17) is 4.74 Å². The number of rotatable bonds is 5. The van der Waals surface area contributed by atoms with Gasteiger partial charge in [-0.1, -0.05) is 23.9 Å². The van der Waals surface area contributed by atoms with Gasteiger partial charge in [-0.25, -0.2) is 4.39 Å². The number of nitrogens with one attached hydrogen (secondary N) is 1. The fourth-order valence-electron chi connectivity index (χ4n) is 2.34. The van der Waals surface area contributed by atoms with Crippen LogP contribution in [-0.4, -0.2) is 34.8 Å². The van der Waals surface area contributed by atoms with E-state index in [-0.39, 0.29) is 22.7 Å². The first kappa shape index (κ1) is 17.9. The van der Waals surface area contributed by atoms with Crippen molar-refractivity contribution in [3.63, 3.8) is 0 Å². The number of halogens is 1. The molecule has 2 aromatic carbocycles. The molecule has 1 saturated heterocycles. The van der Waals surface area contributed by atoms with Crippen LogP contribution in [0.25, 0.3) is 0 Å². The van der Waals surface area contributed by atoms with E-state index >= 15 is 0 Å². The maximum atomic E-state index is 12.9. The highest BCUT2D eigenvalue weighted by molar-refractivity contribution is 8.15. The van der Waals surface area contributed by atoms with Crippen molar-refractivity contribution in [2.24, 2.45) is 10.2 Å². The van der Waals surface area contributed by atoms with Crippen molar-refractivity contribution in [1.29, 1.82) is 0 Å². The van der Waals surface area contributed by atoms with E-state index in [1.54, 1.807) is 24.3 Å². The van der Waals surface area contributed by atoms with Crippen molar-refractivity contribution >= 4 is 29.1 Å². The zero-order valence-corrected chi connectivity index (χ0v) is 14.7. The average molecular weight is 373 g/mol. The second kappa shape index (κ2) is 8.01. The van der Waals surface area contributed by atoms with Crippen LogP contribution in [0.2, 0.25) is 0 Å². The molecule has 0 saturated carbocycles. The van der Waals surface area contributed by atoms with Crippen LogP contribution < -0.4 is 10.1 Å². The van der Waals surface area contributed by atoms with Gasteiger partial charge in [-0.05, 0) is 47.9 Å². The van der Waals surface area contributed by atoms with Gasteiger partial charge in [-0.15, -0.1) is 5.10 Å². The molecule has 0 unspecified atom stereocenters. The van der Waals surface area contributed by atoms with Crippen LogP contribution in [0.3, 0.4) is 0 Å². The van der Waals surface area contributed by atoms with E-state index in [2.05, 4.69) is 15.5 Å². The first-order chi connectivity index (χ1) is 12.5. The maximum absolute atomic E-state index is 12.9. The molecule has 8 heteroatoms. The zero-order valence-electron chi connectivity index (χ0n) is 13.8. The van der Waals surface area contributed by atoms with Crippen LogP contribution in [-0.2, 0) is 11.2 Å². The molecule has 6 nitrogen and oxygen atoms in total. The van der Waals surface area contributed by atoms with Gasteiger partial charge in [0.05, 0.1) is 18.6 Å². The number of phenols is 1. The fourth-order valence-corrected chi connectivity index (χ4v) is 3.31. The largest absolute Gasteiger partial charge is 0.504 e. The highest BCUT2D eigenvalue weighted by Gasteiger charge is 2.30. The summed E-state index contributed by atoms with van der Waals surface area (Å²) in [7, 11) is 1.46. The molecule has 0 aromatic heterocycles. The normalized spacial score (nSPS) is 18.5. The van der Waals surface area contributed by atoms with Crippen molar-refractivity contribution in [3.05, 3.63) is 59.4 Å². The number of amidine groups is 1. The Hall–Kier alpha value is -2.87. The molecule has 0 radical (unpaired) electrons.